The molecule has 0 amide bonds. The predicted octanol–water partition coefficient (Wildman–Crippen LogP) is 2.24. The van der Waals surface area contributed by atoms with Crippen molar-refractivity contribution in [2.24, 2.45) is 0 Å². The van der Waals surface area contributed by atoms with Crippen LogP contribution >= 0.6 is 11.8 Å². The highest BCUT2D eigenvalue weighted by atomic mass is 32.2. The first-order valence-corrected chi connectivity index (χ1v) is 5.92. The summed E-state index contributed by atoms with van der Waals surface area (Å²) in [5.74, 6) is 0.698. The van der Waals surface area contributed by atoms with Gasteiger partial charge in [-0.1, -0.05) is 12.1 Å². The molecule has 3 nitrogen and oxygen atoms in total. The Bertz CT molecular complexity index is 433. The molecule has 0 radical (unpaired) electrons. The molecule has 2 aromatic rings. The maximum atomic E-state index is 5.74. The van der Waals surface area contributed by atoms with Gasteiger partial charge in [-0.15, -0.1) is 11.8 Å². The van der Waals surface area contributed by atoms with Crippen LogP contribution in [0.1, 0.15) is 5.56 Å². The molecule has 1 heterocycles. The van der Waals surface area contributed by atoms with Gasteiger partial charge in [0.15, 0.2) is 0 Å². The number of nitrogen functional groups attached to an aromatic ring is 1. The molecule has 0 aliphatic heterocycles. The largest absolute Gasteiger partial charge is 0.384 e. The second kappa shape index (κ2) is 4.40. The minimum atomic E-state index is 0.698. The van der Waals surface area contributed by atoms with Crippen LogP contribution in [0.2, 0.25) is 0 Å². The molecule has 1 aromatic heterocycles. The van der Waals surface area contributed by atoms with E-state index in [-0.39, 0.29) is 0 Å². The van der Waals surface area contributed by atoms with E-state index < -0.39 is 0 Å². The summed E-state index contributed by atoms with van der Waals surface area (Å²) < 4.78 is 1.79. The molecule has 0 saturated carbocycles. The van der Waals surface area contributed by atoms with Crippen molar-refractivity contribution in [2.75, 3.05) is 12.0 Å². The molecule has 78 valence electrons. The van der Waals surface area contributed by atoms with Crippen molar-refractivity contribution in [3.63, 3.8) is 0 Å². The van der Waals surface area contributed by atoms with Crippen LogP contribution in [0.3, 0.4) is 0 Å². The van der Waals surface area contributed by atoms with E-state index >= 15 is 0 Å². The standard InChI is InChI=1S/C11H13N3S/c1-15-10-4-2-9(3-5-10)8-14-11(12)6-7-13-14/h2-7H,8,12H2,1H3. The summed E-state index contributed by atoms with van der Waals surface area (Å²) in [6.07, 6.45) is 3.78. The zero-order valence-corrected chi connectivity index (χ0v) is 9.37. The van der Waals surface area contributed by atoms with E-state index in [9.17, 15) is 0 Å². The van der Waals surface area contributed by atoms with Crippen LogP contribution in [0.4, 0.5) is 5.82 Å². The lowest BCUT2D eigenvalue weighted by molar-refractivity contribution is 0.697. The lowest BCUT2D eigenvalue weighted by Gasteiger charge is -2.04. The number of anilines is 1. The molecule has 0 unspecified atom stereocenters. The maximum absolute atomic E-state index is 5.74. The number of thioether (sulfide) groups is 1. The second-order valence-corrected chi connectivity index (χ2v) is 4.14. The lowest BCUT2D eigenvalue weighted by atomic mass is 10.2. The van der Waals surface area contributed by atoms with Gasteiger partial charge in [0.05, 0.1) is 12.7 Å². The Labute approximate surface area is 93.3 Å². The van der Waals surface area contributed by atoms with Crippen LogP contribution in [0.5, 0.6) is 0 Å². The Morgan fingerprint density at radius 2 is 2.00 bits per heavy atom. The molecule has 0 saturated heterocycles. The Morgan fingerprint density at radius 3 is 2.53 bits per heavy atom. The summed E-state index contributed by atoms with van der Waals surface area (Å²) in [7, 11) is 0. The maximum Gasteiger partial charge on any atom is 0.122 e. The molecule has 4 heteroatoms. The average molecular weight is 219 g/mol. The highest BCUT2D eigenvalue weighted by Crippen LogP contribution is 2.15. The number of rotatable bonds is 3. The molecule has 2 N–H and O–H groups in total. The van der Waals surface area contributed by atoms with E-state index in [2.05, 4.69) is 35.6 Å². The van der Waals surface area contributed by atoms with Gasteiger partial charge >= 0.3 is 0 Å². The van der Waals surface area contributed by atoms with Gasteiger partial charge in [-0.3, -0.25) is 0 Å². The minimum Gasteiger partial charge on any atom is -0.384 e. The van der Waals surface area contributed by atoms with Gasteiger partial charge in [-0.05, 0) is 30.0 Å². The molecule has 15 heavy (non-hydrogen) atoms. The first-order valence-electron chi connectivity index (χ1n) is 4.70. The quantitative estimate of drug-likeness (QED) is 0.805. The van der Waals surface area contributed by atoms with E-state index in [4.69, 9.17) is 5.73 Å². The molecular weight excluding hydrogens is 206 g/mol. The van der Waals surface area contributed by atoms with Gasteiger partial charge in [-0.25, -0.2) is 4.68 Å². The summed E-state index contributed by atoms with van der Waals surface area (Å²) in [4.78, 5) is 1.27. The van der Waals surface area contributed by atoms with Crippen molar-refractivity contribution >= 4 is 17.6 Å². The number of nitrogens with two attached hydrogens (primary N) is 1. The molecule has 0 aliphatic rings. The van der Waals surface area contributed by atoms with Gasteiger partial charge < -0.3 is 5.73 Å². The third kappa shape index (κ3) is 2.33. The normalized spacial score (nSPS) is 10.5. The summed E-state index contributed by atoms with van der Waals surface area (Å²) in [6.45, 7) is 0.730. The fraction of sp³-hybridized carbons (Fsp3) is 0.182. The predicted molar refractivity (Wildman–Crippen MR) is 64.0 cm³/mol. The summed E-state index contributed by atoms with van der Waals surface area (Å²) in [6, 6.07) is 10.2. The zero-order chi connectivity index (χ0) is 10.7. The van der Waals surface area contributed by atoms with E-state index in [1.54, 1.807) is 28.7 Å². The van der Waals surface area contributed by atoms with Crippen LogP contribution in [0.15, 0.2) is 41.4 Å². The molecule has 0 bridgehead atoms. The smallest absolute Gasteiger partial charge is 0.122 e. The van der Waals surface area contributed by atoms with Crippen molar-refractivity contribution in [2.45, 2.75) is 11.4 Å². The van der Waals surface area contributed by atoms with Gasteiger partial charge in [0.1, 0.15) is 5.82 Å². The van der Waals surface area contributed by atoms with Crippen LogP contribution in [0, 0.1) is 0 Å². The third-order valence-electron chi connectivity index (χ3n) is 2.24. The van der Waals surface area contributed by atoms with E-state index in [0.717, 1.165) is 6.54 Å². The number of aromatic nitrogens is 2. The van der Waals surface area contributed by atoms with Gasteiger partial charge in [0.2, 0.25) is 0 Å². The van der Waals surface area contributed by atoms with Crippen LogP contribution in [-0.2, 0) is 6.54 Å². The third-order valence-corrected chi connectivity index (χ3v) is 2.98. The molecule has 2 rings (SSSR count). The molecule has 0 atom stereocenters. The first-order chi connectivity index (χ1) is 7.29. The number of hydrogen-bond donors (Lipinski definition) is 1. The van der Waals surface area contributed by atoms with Crippen LogP contribution in [0.25, 0.3) is 0 Å². The van der Waals surface area contributed by atoms with E-state index in [1.807, 2.05) is 0 Å². The Balaban J connectivity index is 2.14. The fourth-order valence-electron chi connectivity index (χ4n) is 1.38. The first kappa shape index (κ1) is 10.1. The average Bonchev–Trinajstić information content (AvgIpc) is 2.66. The summed E-state index contributed by atoms with van der Waals surface area (Å²) in [5, 5.41) is 4.14. The molecule has 0 spiro atoms. The topological polar surface area (TPSA) is 43.8 Å². The minimum absolute atomic E-state index is 0.698. The Hall–Kier alpha value is -1.42. The monoisotopic (exact) mass is 219 g/mol. The molecule has 0 fully saturated rings. The lowest BCUT2D eigenvalue weighted by Crippen LogP contribution is -2.05. The van der Waals surface area contributed by atoms with Crippen molar-refractivity contribution in [1.82, 2.24) is 9.78 Å². The van der Waals surface area contributed by atoms with Crippen molar-refractivity contribution in [3.05, 3.63) is 42.1 Å². The van der Waals surface area contributed by atoms with Crippen molar-refractivity contribution in [1.29, 1.82) is 0 Å². The Kier molecular flexibility index (Phi) is 2.97. The number of nitrogens with zero attached hydrogens (tertiary/aromatic N) is 2. The van der Waals surface area contributed by atoms with Gasteiger partial charge in [0, 0.05) is 4.90 Å². The van der Waals surface area contributed by atoms with Gasteiger partial charge in [0.25, 0.3) is 0 Å². The number of benzene rings is 1. The van der Waals surface area contributed by atoms with Gasteiger partial charge in [-0.2, -0.15) is 5.10 Å². The summed E-state index contributed by atoms with van der Waals surface area (Å²) >= 11 is 1.74. The SMILES string of the molecule is CSc1ccc(Cn2nccc2N)cc1. The highest BCUT2D eigenvalue weighted by molar-refractivity contribution is 7.98. The highest BCUT2D eigenvalue weighted by Gasteiger charge is 1.99. The molecule has 1 aromatic carbocycles. The van der Waals surface area contributed by atoms with Crippen LogP contribution < -0.4 is 5.73 Å². The van der Waals surface area contributed by atoms with Crippen molar-refractivity contribution < 1.29 is 0 Å². The zero-order valence-electron chi connectivity index (χ0n) is 8.55. The molecular formula is C11H13N3S. The van der Waals surface area contributed by atoms with E-state index in [0.29, 0.717) is 5.82 Å². The fourth-order valence-corrected chi connectivity index (χ4v) is 1.79. The molecule has 0 aliphatic carbocycles. The van der Waals surface area contributed by atoms with Crippen LogP contribution in [-0.4, -0.2) is 16.0 Å². The Morgan fingerprint density at radius 1 is 1.27 bits per heavy atom. The number of hydrogen-bond acceptors (Lipinski definition) is 3. The van der Waals surface area contributed by atoms with E-state index in [1.165, 1.54) is 10.5 Å². The second-order valence-electron chi connectivity index (χ2n) is 3.26. The van der Waals surface area contributed by atoms with Crippen molar-refractivity contribution in [3.8, 4) is 0 Å². The summed E-state index contributed by atoms with van der Waals surface area (Å²) in [5.41, 5.74) is 6.95.